The van der Waals surface area contributed by atoms with Gasteiger partial charge in [-0.3, -0.25) is 0 Å². The second-order valence-corrected chi connectivity index (χ2v) is 8.74. The van der Waals surface area contributed by atoms with Crippen LogP contribution in [-0.4, -0.2) is 10.2 Å². The molecule has 0 spiro atoms. The van der Waals surface area contributed by atoms with Gasteiger partial charge in [0.2, 0.25) is 0 Å². The molecule has 28 heavy (non-hydrogen) atoms. The lowest BCUT2D eigenvalue weighted by Gasteiger charge is -2.42. The number of phenolic OH excluding ortho intramolecular Hbond substituents is 2. The number of rotatable bonds is 4. The summed E-state index contributed by atoms with van der Waals surface area (Å²) < 4.78 is 0. The van der Waals surface area contributed by atoms with Gasteiger partial charge >= 0.3 is 0 Å². The number of hydrogen-bond donors (Lipinski definition) is 2. The van der Waals surface area contributed by atoms with Crippen molar-refractivity contribution in [1.29, 1.82) is 0 Å². The summed E-state index contributed by atoms with van der Waals surface area (Å²) in [4.78, 5) is 0. The predicted molar refractivity (Wildman–Crippen MR) is 118 cm³/mol. The van der Waals surface area contributed by atoms with E-state index in [-0.39, 0.29) is 5.41 Å². The molecule has 2 heteroatoms. The van der Waals surface area contributed by atoms with Gasteiger partial charge in [-0.2, -0.15) is 0 Å². The third kappa shape index (κ3) is 3.11. The molecular formula is C26H36O2. The van der Waals surface area contributed by atoms with Gasteiger partial charge in [0, 0.05) is 5.41 Å². The molecule has 0 heterocycles. The zero-order chi connectivity index (χ0) is 20.6. The monoisotopic (exact) mass is 380 g/mol. The van der Waals surface area contributed by atoms with Gasteiger partial charge in [0.25, 0.3) is 0 Å². The van der Waals surface area contributed by atoms with Crippen LogP contribution in [0, 0.1) is 27.7 Å². The summed E-state index contributed by atoms with van der Waals surface area (Å²) in [5, 5.41) is 21.2. The summed E-state index contributed by atoms with van der Waals surface area (Å²) in [7, 11) is 0. The van der Waals surface area contributed by atoms with E-state index in [1.165, 1.54) is 41.5 Å². The van der Waals surface area contributed by atoms with Gasteiger partial charge in [0.15, 0.2) is 0 Å². The van der Waals surface area contributed by atoms with E-state index in [2.05, 4.69) is 39.8 Å². The van der Waals surface area contributed by atoms with E-state index in [1.807, 2.05) is 13.8 Å². The standard InChI is InChI=1S/C26H36O2/c1-7-20-18(5)24(27)16(3)14-22(20)26(12-10-9-11-13-26)23-15-17(4)25(28)19(6)21(23)8-2/h14-15,27-28H,7-13H2,1-6H3. The van der Waals surface area contributed by atoms with Crippen molar-refractivity contribution in [3.8, 4) is 11.5 Å². The minimum Gasteiger partial charge on any atom is -0.507 e. The Balaban J connectivity index is 2.40. The van der Waals surface area contributed by atoms with Crippen LogP contribution in [0.2, 0.25) is 0 Å². The fraction of sp³-hybridized carbons (Fsp3) is 0.538. The Bertz CT molecular complexity index is 819. The molecule has 2 aromatic rings. The first-order valence-electron chi connectivity index (χ1n) is 10.9. The average molecular weight is 381 g/mol. The molecule has 0 saturated heterocycles. The topological polar surface area (TPSA) is 40.5 Å². The summed E-state index contributed by atoms with van der Waals surface area (Å²) in [6.07, 6.45) is 7.87. The number of aromatic hydroxyl groups is 2. The zero-order valence-electron chi connectivity index (χ0n) is 18.5. The highest BCUT2D eigenvalue weighted by Gasteiger charge is 2.40. The zero-order valence-corrected chi connectivity index (χ0v) is 18.5. The van der Waals surface area contributed by atoms with Crippen molar-refractivity contribution in [1.82, 2.24) is 0 Å². The minimum absolute atomic E-state index is 0.0264. The molecule has 0 unspecified atom stereocenters. The Labute approximate surface area is 170 Å². The summed E-state index contributed by atoms with van der Waals surface area (Å²) >= 11 is 0. The molecule has 0 amide bonds. The minimum atomic E-state index is -0.0264. The molecule has 2 aromatic carbocycles. The Morgan fingerprint density at radius 2 is 1.11 bits per heavy atom. The first-order chi connectivity index (χ1) is 13.3. The van der Waals surface area contributed by atoms with Crippen molar-refractivity contribution in [2.24, 2.45) is 0 Å². The lowest BCUT2D eigenvalue weighted by Crippen LogP contribution is -2.33. The van der Waals surface area contributed by atoms with E-state index >= 15 is 0 Å². The van der Waals surface area contributed by atoms with Crippen LogP contribution in [0.1, 0.15) is 90.5 Å². The number of benzene rings is 2. The predicted octanol–water partition coefficient (Wildman–Crippen LogP) is 6.71. The molecule has 3 rings (SSSR count). The van der Waals surface area contributed by atoms with E-state index in [0.717, 1.165) is 47.9 Å². The van der Waals surface area contributed by atoms with E-state index in [1.54, 1.807) is 0 Å². The second kappa shape index (κ2) is 7.81. The fourth-order valence-corrected chi connectivity index (χ4v) is 5.63. The van der Waals surface area contributed by atoms with Crippen LogP contribution < -0.4 is 0 Å². The normalized spacial score (nSPS) is 16.4. The molecule has 0 aromatic heterocycles. The molecule has 1 aliphatic carbocycles. The Kier molecular flexibility index (Phi) is 5.79. The van der Waals surface area contributed by atoms with Crippen LogP contribution in [0.25, 0.3) is 0 Å². The Hall–Kier alpha value is -1.96. The molecule has 2 nitrogen and oxygen atoms in total. The van der Waals surface area contributed by atoms with Crippen LogP contribution in [-0.2, 0) is 18.3 Å². The van der Waals surface area contributed by atoms with Crippen molar-refractivity contribution < 1.29 is 10.2 Å². The van der Waals surface area contributed by atoms with Gasteiger partial charge in [0.1, 0.15) is 11.5 Å². The molecule has 0 aliphatic heterocycles. The van der Waals surface area contributed by atoms with E-state index in [4.69, 9.17) is 0 Å². The van der Waals surface area contributed by atoms with Crippen LogP contribution >= 0.6 is 0 Å². The molecule has 0 bridgehead atoms. The van der Waals surface area contributed by atoms with Gasteiger partial charge in [-0.1, -0.05) is 45.2 Å². The van der Waals surface area contributed by atoms with E-state index < -0.39 is 0 Å². The first-order valence-corrected chi connectivity index (χ1v) is 10.9. The van der Waals surface area contributed by atoms with Crippen LogP contribution in [0.5, 0.6) is 11.5 Å². The van der Waals surface area contributed by atoms with Gasteiger partial charge < -0.3 is 10.2 Å². The fourth-order valence-electron chi connectivity index (χ4n) is 5.63. The molecule has 1 fully saturated rings. The smallest absolute Gasteiger partial charge is 0.121 e. The molecule has 2 N–H and O–H groups in total. The molecular weight excluding hydrogens is 344 g/mol. The van der Waals surface area contributed by atoms with Gasteiger partial charge in [-0.05, 0) is 97.9 Å². The molecule has 152 valence electrons. The molecule has 0 atom stereocenters. The van der Waals surface area contributed by atoms with Crippen LogP contribution in [0.3, 0.4) is 0 Å². The maximum absolute atomic E-state index is 10.6. The largest absolute Gasteiger partial charge is 0.507 e. The number of phenols is 2. The Morgan fingerprint density at radius 3 is 1.46 bits per heavy atom. The van der Waals surface area contributed by atoms with Crippen molar-refractivity contribution in [3.63, 3.8) is 0 Å². The summed E-state index contributed by atoms with van der Waals surface area (Å²) in [6, 6.07) is 4.51. The molecule has 1 saturated carbocycles. The van der Waals surface area contributed by atoms with Crippen molar-refractivity contribution >= 4 is 0 Å². The number of aryl methyl sites for hydroxylation is 2. The summed E-state index contributed by atoms with van der Waals surface area (Å²) in [6.45, 7) is 12.6. The number of hydrogen-bond acceptors (Lipinski definition) is 2. The third-order valence-corrected chi connectivity index (χ3v) is 7.18. The highest BCUT2D eigenvalue weighted by Crippen LogP contribution is 2.50. The van der Waals surface area contributed by atoms with Gasteiger partial charge in [0.05, 0.1) is 0 Å². The molecule has 0 radical (unpaired) electrons. The highest BCUT2D eigenvalue weighted by atomic mass is 16.3. The van der Waals surface area contributed by atoms with Crippen molar-refractivity contribution in [3.05, 3.63) is 56.6 Å². The maximum atomic E-state index is 10.6. The van der Waals surface area contributed by atoms with Crippen molar-refractivity contribution in [2.45, 2.75) is 91.9 Å². The lowest BCUT2D eigenvalue weighted by atomic mass is 9.61. The third-order valence-electron chi connectivity index (χ3n) is 7.18. The first kappa shape index (κ1) is 20.8. The summed E-state index contributed by atoms with van der Waals surface area (Å²) in [5.74, 6) is 0.890. The van der Waals surface area contributed by atoms with Crippen molar-refractivity contribution in [2.75, 3.05) is 0 Å². The lowest BCUT2D eigenvalue weighted by molar-refractivity contribution is 0.340. The van der Waals surface area contributed by atoms with Crippen LogP contribution in [0.4, 0.5) is 0 Å². The summed E-state index contributed by atoms with van der Waals surface area (Å²) in [5.41, 5.74) is 9.40. The highest BCUT2D eigenvalue weighted by molar-refractivity contribution is 5.59. The quantitative estimate of drug-likeness (QED) is 0.619. The van der Waals surface area contributed by atoms with E-state index in [9.17, 15) is 10.2 Å². The van der Waals surface area contributed by atoms with E-state index in [0.29, 0.717) is 11.5 Å². The Morgan fingerprint density at radius 1 is 0.714 bits per heavy atom. The maximum Gasteiger partial charge on any atom is 0.121 e. The van der Waals surface area contributed by atoms with Gasteiger partial charge in [-0.25, -0.2) is 0 Å². The second-order valence-electron chi connectivity index (χ2n) is 8.74. The van der Waals surface area contributed by atoms with Crippen LogP contribution in [0.15, 0.2) is 12.1 Å². The van der Waals surface area contributed by atoms with Gasteiger partial charge in [-0.15, -0.1) is 0 Å². The SMILES string of the molecule is CCc1c(C2(c3cc(C)c(O)c(C)c3CC)CCCCC2)cc(C)c(O)c1C. The average Bonchev–Trinajstić information content (AvgIpc) is 2.70. The molecule has 1 aliphatic rings.